The van der Waals surface area contributed by atoms with Gasteiger partial charge in [0.2, 0.25) is 0 Å². The van der Waals surface area contributed by atoms with Crippen LogP contribution in [-0.4, -0.2) is 22.1 Å². The van der Waals surface area contributed by atoms with Crippen LogP contribution in [0, 0.1) is 0 Å². The number of ether oxygens (including phenoxy) is 1. The number of hydrogen-bond donors (Lipinski definition) is 0. The summed E-state index contributed by atoms with van der Waals surface area (Å²) in [5.41, 5.74) is 1.99. The van der Waals surface area contributed by atoms with Gasteiger partial charge in [-0.3, -0.25) is 0 Å². The van der Waals surface area contributed by atoms with Crippen LogP contribution < -0.4 is 0 Å². The van der Waals surface area contributed by atoms with Crippen LogP contribution in [0.1, 0.15) is 25.0 Å². The van der Waals surface area contributed by atoms with Crippen molar-refractivity contribution in [3.05, 3.63) is 35.2 Å². The third-order valence-corrected chi connectivity index (χ3v) is 3.42. The second-order valence-corrected chi connectivity index (χ2v) is 4.97. The molecule has 0 N–H and O–H groups in total. The first-order chi connectivity index (χ1) is 8.31. The molecule has 0 bridgehead atoms. The molecule has 17 heavy (non-hydrogen) atoms. The highest BCUT2D eigenvalue weighted by molar-refractivity contribution is 6.30. The fourth-order valence-corrected chi connectivity index (χ4v) is 2.46. The van der Waals surface area contributed by atoms with Gasteiger partial charge in [0.15, 0.2) is 0 Å². The zero-order chi connectivity index (χ0) is 11.7. The molecule has 1 aliphatic rings. The minimum atomic E-state index is 0.337. The maximum Gasteiger partial charge on any atom is 0.138 e. The van der Waals surface area contributed by atoms with Crippen molar-refractivity contribution in [2.45, 2.75) is 31.8 Å². The molecule has 0 spiro atoms. The average molecular weight is 251 g/mol. The molecule has 3 heterocycles. The van der Waals surface area contributed by atoms with Crippen LogP contribution in [0.25, 0.3) is 5.65 Å². The number of nitrogens with zero attached hydrogens (tertiary/aromatic N) is 2. The lowest BCUT2D eigenvalue weighted by Gasteiger charge is -2.21. The highest BCUT2D eigenvalue weighted by Gasteiger charge is 2.15. The molecule has 1 aliphatic heterocycles. The molecule has 1 fully saturated rings. The van der Waals surface area contributed by atoms with Crippen molar-refractivity contribution in [1.82, 2.24) is 9.38 Å². The lowest BCUT2D eigenvalue weighted by atomic mass is 10.1. The Morgan fingerprint density at radius 1 is 1.47 bits per heavy atom. The van der Waals surface area contributed by atoms with E-state index in [1.54, 1.807) is 0 Å². The maximum absolute atomic E-state index is 5.94. The van der Waals surface area contributed by atoms with Gasteiger partial charge in [-0.2, -0.15) is 0 Å². The average Bonchev–Trinajstić information content (AvgIpc) is 2.71. The summed E-state index contributed by atoms with van der Waals surface area (Å²) in [6.07, 6.45) is 8.85. The van der Waals surface area contributed by atoms with Gasteiger partial charge in [0, 0.05) is 30.4 Å². The highest BCUT2D eigenvalue weighted by Crippen LogP contribution is 2.18. The monoisotopic (exact) mass is 250 g/mol. The Morgan fingerprint density at radius 3 is 3.24 bits per heavy atom. The van der Waals surface area contributed by atoms with Gasteiger partial charge in [0.1, 0.15) is 5.65 Å². The molecule has 4 heteroatoms. The molecule has 2 aromatic heterocycles. The quantitative estimate of drug-likeness (QED) is 0.819. The number of aromatic nitrogens is 2. The second kappa shape index (κ2) is 4.67. The third kappa shape index (κ3) is 2.45. The van der Waals surface area contributed by atoms with E-state index in [1.165, 1.54) is 12.8 Å². The van der Waals surface area contributed by atoms with Crippen molar-refractivity contribution in [3.8, 4) is 0 Å². The Morgan fingerprint density at radius 2 is 2.41 bits per heavy atom. The van der Waals surface area contributed by atoms with E-state index in [2.05, 4.69) is 11.2 Å². The van der Waals surface area contributed by atoms with Gasteiger partial charge in [-0.1, -0.05) is 11.6 Å². The first-order valence-electron chi connectivity index (χ1n) is 6.06. The predicted octanol–water partition coefficient (Wildman–Crippen LogP) is 3.10. The van der Waals surface area contributed by atoms with E-state index in [0.29, 0.717) is 6.10 Å². The van der Waals surface area contributed by atoms with E-state index in [9.17, 15) is 0 Å². The number of halogens is 1. The van der Waals surface area contributed by atoms with Crippen LogP contribution in [-0.2, 0) is 11.2 Å². The summed E-state index contributed by atoms with van der Waals surface area (Å²) >= 11 is 5.94. The fourth-order valence-electron chi connectivity index (χ4n) is 2.31. The van der Waals surface area contributed by atoms with Crippen molar-refractivity contribution >= 4 is 17.2 Å². The minimum Gasteiger partial charge on any atom is -0.378 e. The highest BCUT2D eigenvalue weighted by atomic mass is 35.5. The Kier molecular flexibility index (Phi) is 3.04. The Labute approximate surface area is 105 Å². The van der Waals surface area contributed by atoms with Crippen molar-refractivity contribution in [2.24, 2.45) is 0 Å². The van der Waals surface area contributed by atoms with Crippen LogP contribution in [0.3, 0.4) is 0 Å². The topological polar surface area (TPSA) is 26.5 Å². The Balaban J connectivity index is 1.80. The van der Waals surface area contributed by atoms with E-state index in [0.717, 1.165) is 35.8 Å². The molecule has 0 amide bonds. The van der Waals surface area contributed by atoms with E-state index < -0.39 is 0 Å². The molecule has 0 radical (unpaired) electrons. The van der Waals surface area contributed by atoms with E-state index in [1.807, 2.05) is 22.7 Å². The summed E-state index contributed by atoms with van der Waals surface area (Å²) in [7, 11) is 0. The molecular formula is C13H15ClN2O. The zero-order valence-electron chi connectivity index (χ0n) is 9.60. The number of imidazole rings is 1. The normalized spacial score (nSPS) is 20.9. The zero-order valence-corrected chi connectivity index (χ0v) is 10.4. The van der Waals surface area contributed by atoms with Crippen LogP contribution in [0.2, 0.25) is 5.02 Å². The van der Waals surface area contributed by atoms with Gasteiger partial charge in [0.05, 0.1) is 11.8 Å². The van der Waals surface area contributed by atoms with Crippen molar-refractivity contribution < 1.29 is 4.74 Å². The van der Waals surface area contributed by atoms with Gasteiger partial charge >= 0.3 is 0 Å². The van der Waals surface area contributed by atoms with Gasteiger partial charge < -0.3 is 9.14 Å². The maximum atomic E-state index is 5.94. The number of fused-ring (bicyclic) bond motifs is 1. The summed E-state index contributed by atoms with van der Waals surface area (Å²) < 4.78 is 7.73. The Bertz CT molecular complexity index is 517. The SMILES string of the molecule is Clc1ccn2cc(CC3CCCCO3)nc2c1. The van der Waals surface area contributed by atoms with Crippen LogP contribution in [0.5, 0.6) is 0 Å². The summed E-state index contributed by atoms with van der Waals surface area (Å²) in [6.45, 7) is 0.893. The van der Waals surface area contributed by atoms with Gasteiger partial charge in [-0.25, -0.2) is 4.98 Å². The first-order valence-corrected chi connectivity index (χ1v) is 6.44. The first kappa shape index (κ1) is 11.1. The lowest BCUT2D eigenvalue weighted by Crippen LogP contribution is -2.21. The minimum absolute atomic E-state index is 0.337. The smallest absolute Gasteiger partial charge is 0.138 e. The van der Waals surface area contributed by atoms with E-state index in [-0.39, 0.29) is 0 Å². The fraction of sp³-hybridized carbons (Fsp3) is 0.462. The molecule has 0 saturated carbocycles. The number of pyridine rings is 1. The molecule has 90 valence electrons. The Hall–Kier alpha value is -1.06. The second-order valence-electron chi connectivity index (χ2n) is 4.54. The molecular weight excluding hydrogens is 236 g/mol. The van der Waals surface area contributed by atoms with Gasteiger partial charge in [-0.05, 0) is 31.4 Å². The summed E-state index contributed by atoms with van der Waals surface area (Å²) in [6, 6.07) is 3.75. The molecule has 2 aromatic rings. The largest absolute Gasteiger partial charge is 0.378 e. The predicted molar refractivity (Wildman–Crippen MR) is 67.5 cm³/mol. The molecule has 0 aliphatic carbocycles. The van der Waals surface area contributed by atoms with Crippen LogP contribution >= 0.6 is 11.6 Å². The van der Waals surface area contributed by atoms with Crippen molar-refractivity contribution in [3.63, 3.8) is 0 Å². The van der Waals surface area contributed by atoms with E-state index in [4.69, 9.17) is 16.3 Å². The summed E-state index contributed by atoms with van der Waals surface area (Å²) in [5, 5.41) is 0.726. The molecule has 3 rings (SSSR count). The molecule has 1 saturated heterocycles. The third-order valence-electron chi connectivity index (χ3n) is 3.18. The van der Waals surface area contributed by atoms with Crippen molar-refractivity contribution in [2.75, 3.05) is 6.61 Å². The standard InChI is InChI=1S/C13H15ClN2O/c14-10-4-5-16-9-11(15-13(16)7-10)8-12-3-1-2-6-17-12/h4-5,7,9,12H,1-3,6,8H2. The van der Waals surface area contributed by atoms with E-state index >= 15 is 0 Å². The summed E-state index contributed by atoms with van der Waals surface area (Å²) in [4.78, 5) is 4.57. The van der Waals surface area contributed by atoms with Crippen LogP contribution in [0.15, 0.2) is 24.5 Å². The number of hydrogen-bond acceptors (Lipinski definition) is 2. The lowest BCUT2D eigenvalue weighted by molar-refractivity contribution is 0.0163. The van der Waals surface area contributed by atoms with Crippen molar-refractivity contribution in [1.29, 1.82) is 0 Å². The molecule has 3 nitrogen and oxygen atoms in total. The molecule has 1 atom stereocenters. The summed E-state index contributed by atoms with van der Waals surface area (Å²) in [5.74, 6) is 0. The molecule has 0 aromatic carbocycles. The van der Waals surface area contributed by atoms with Gasteiger partial charge in [-0.15, -0.1) is 0 Å². The van der Waals surface area contributed by atoms with Gasteiger partial charge in [0.25, 0.3) is 0 Å². The number of rotatable bonds is 2. The van der Waals surface area contributed by atoms with Crippen LogP contribution in [0.4, 0.5) is 0 Å². The molecule has 1 unspecified atom stereocenters.